The number of rotatable bonds is 7. The second-order valence-electron chi connectivity index (χ2n) is 12.2. The Bertz CT molecular complexity index is 1320. The first-order chi connectivity index (χ1) is 20.4. The minimum atomic E-state index is -0.233. The molecule has 2 aliphatic heterocycles. The summed E-state index contributed by atoms with van der Waals surface area (Å²) in [6.45, 7) is 11.4. The number of fused-ring (bicyclic) bond motifs is 3. The lowest BCUT2D eigenvalue weighted by molar-refractivity contribution is -0.140. The van der Waals surface area contributed by atoms with Crippen LogP contribution in [-0.4, -0.2) is 30.3 Å². The second kappa shape index (κ2) is 15.0. The molecule has 5 atom stereocenters. The monoisotopic (exact) mass is 599 g/mol. The number of allylic oxidation sites excluding steroid dienone is 2. The first-order valence-electron chi connectivity index (χ1n) is 15.5. The van der Waals surface area contributed by atoms with Crippen LogP contribution in [0.3, 0.4) is 0 Å². The van der Waals surface area contributed by atoms with Crippen LogP contribution in [0, 0.1) is 5.92 Å². The Kier molecular flexibility index (Phi) is 11.4. The van der Waals surface area contributed by atoms with E-state index in [2.05, 4.69) is 130 Å². The van der Waals surface area contributed by atoms with E-state index in [1.165, 1.54) is 22.3 Å². The number of hydrogen-bond donors (Lipinski definition) is 1. The fourth-order valence-corrected chi connectivity index (χ4v) is 6.40. The summed E-state index contributed by atoms with van der Waals surface area (Å²) in [5.41, 5.74) is 6.03. The van der Waals surface area contributed by atoms with Crippen LogP contribution in [-0.2, 0) is 14.3 Å². The molecule has 2 heterocycles. The SMILES string of the molecule is C=C1C(=O)OC2C1CCC(C)=CCCC1(C)OC21.CC(NCCC(c1ccccc1)c1ccccc1)c1ccccc1.Cl. The highest BCUT2D eigenvalue weighted by atomic mass is 35.5. The fourth-order valence-electron chi connectivity index (χ4n) is 6.40. The van der Waals surface area contributed by atoms with E-state index in [0.29, 0.717) is 17.5 Å². The summed E-state index contributed by atoms with van der Waals surface area (Å²) in [5.74, 6) is 0.331. The molecular weight excluding hydrogens is 554 g/mol. The molecule has 2 saturated heterocycles. The van der Waals surface area contributed by atoms with E-state index in [0.717, 1.165) is 38.6 Å². The van der Waals surface area contributed by atoms with Gasteiger partial charge in [0, 0.05) is 23.5 Å². The van der Waals surface area contributed by atoms with Crippen molar-refractivity contribution in [1.29, 1.82) is 0 Å². The summed E-state index contributed by atoms with van der Waals surface area (Å²) in [7, 11) is 0. The van der Waals surface area contributed by atoms with Gasteiger partial charge in [-0.3, -0.25) is 0 Å². The van der Waals surface area contributed by atoms with Gasteiger partial charge in [0.25, 0.3) is 0 Å². The van der Waals surface area contributed by atoms with E-state index in [9.17, 15) is 4.79 Å². The van der Waals surface area contributed by atoms with Gasteiger partial charge in [0.15, 0.2) is 0 Å². The number of esters is 1. The number of nitrogens with one attached hydrogen (secondary N) is 1. The Morgan fingerprint density at radius 3 is 2.07 bits per heavy atom. The summed E-state index contributed by atoms with van der Waals surface area (Å²) in [6.07, 6.45) is 7.34. The van der Waals surface area contributed by atoms with Gasteiger partial charge in [-0.15, -0.1) is 12.4 Å². The second-order valence-corrected chi connectivity index (χ2v) is 12.2. The number of ether oxygens (including phenoxy) is 2. The largest absolute Gasteiger partial charge is 0.455 e. The zero-order valence-corrected chi connectivity index (χ0v) is 26.5. The summed E-state index contributed by atoms with van der Waals surface area (Å²) >= 11 is 0. The molecule has 4 nitrogen and oxygen atoms in total. The van der Waals surface area contributed by atoms with Crippen LogP contribution in [0.15, 0.2) is 115 Å². The third-order valence-electron chi connectivity index (χ3n) is 9.16. The number of carbonyl (C=O) groups excluding carboxylic acids is 1. The Morgan fingerprint density at radius 2 is 1.49 bits per heavy atom. The Hall–Kier alpha value is -3.18. The predicted octanol–water partition coefficient (Wildman–Crippen LogP) is 8.74. The highest BCUT2D eigenvalue weighted by Gasteiger charge is 2.61. The molecule has 0 saturated carbocycles. The third-order valence-corrected chi connectivity index (χ3v) is 9.16. The van der Waals surface area contributed by atoms with E-state index in [1.54, 1.807) is 0 Å². The maximum atomic E-state index is 11.7. The molecule has 3 aromatic carbocycles. The van der Waals surface area contributed by atoms with Gasteiger partial charge in [0.2, 0.25) is 0 Å². The molecule has 1 N–H and O–H groups in total. The van der Waals surface area contributed by atoms with Crippen LogP contribution in [0.5, 0.6) is 0 Å². The minimum absolute atomic E-state index is 0. The van der Waals surface area contributed by atoms with Crippen molar-refractivity contribution in [2.24, 2.45) is 5.92 Å². The molecule has 3 aliphatic rings. The van der Waals surface area contributed by atoms with E-state index in [-0.39, 0.29) is 42.1 Å². The smallest absolute Gasteiger partial charge is 0.334 e. The van der Waals surface area contributed by atoms with Crippen LogP contribution in [0.1, 0.15) is 81.5 Å². The van der Waals surface area contributed by atoms with Gasteiger partial charge in [0.1, 0.15) is 12.2 Å². The maximum Gasteiger partial charge on any atom is 0.334 e. The van der Waals surface area contributed by atoms with Crippen LogP contribution in [0.25, 0.3) is 0 Å². The van der Waals surface area contributed by atoms with Gasteiger partial charge in [-0.2, -0.15) is 0 Å². The number of epoxide rings is 1. The number of halogens is 1. The highest BCUT2D eigenvalue weighted by molar-refractivity contribution is 5.91. The molecule has 0 amide bonds. The first-order valence-corrected chi connectivity index (χ1v) is 15.5. The van der Waals surface area contributed by atoms with Crippen LogP contribution in [0.2, 0.25) is 0 Å². The van der Waals surface area contributed by atoms with Gasteiger partial charge < -0.3 is 14.8 Å². The molecule has 0 radical (unpaired) electrons. The van der Waals surface area contributed by atoms with Gasteiger partial charge in [-0.1, -0.05) is 109 Å². The quantitative estimate of drug-likeness (QED) is 0.128. The molecule has 228 valence electrons. The Labute approximate surface area is 264 Å². The number of hydrogen-bond acceptors (Lipinski definition) is 4. The van der Waals surface area contributed by atoms with E-state index >= 15 is 0 Å². The molecular formula is C38H46ClNO3. The Balaban J connectivity index is 0.000000199. The summed E-state index contributed by atoms with van der Waals surface area (Å²) in [5, 5.41) is 3.67. The minimum Gasteiger partial charge on any atom is -0.455 e. The lowest BCUT2D eigenvalue weighted by Crippen LogP contribution is -2.28. The van der Waals surface area contributed by atoms with Crippen molar-refractivity contribution in [3.63, 3.8) is 0 Å². The van der Waals surface area contributed by atoms with Crippen molar-refractivity contribution in [2.75, 3.05) is 6.54 Å². The van der Waals surface area contributed by atoms with Crippen molar-refractivity contribution < 1.29 is 14.3 Å². The van der Waals surface area contributed by atoms with Gasteiger partial charge >= 0.3 is 5.97 Å². The highest BCUT2D eigenvalue weighted by Crippen LogP contribution is 2.49. The zero-order valence-electron chi connectivity index (χ0n) is 25.7. The van der Waals surface area contributed by atoms with Crippen molar-refractivity contribution in [3.8, 4) is 0 Å². The molecule has 0 aromatic heterocycles. The van der Waals surface area contributed by atoms with Crippen molar-refractivity contribution in [3.05, 3.63) is 131 Å². The number of benzene rings is 3. The van der Waals surface area contributed by atoms with Crippen LogP contribution in [0.4, 0.5) is 0 Å². The van der Waals surface area contributed by atoms with Crippen LogP contribution >= 0.6 is 12.4 Å². The topological polar surface area (TPSA) is 50.9 Å². The fraction of sp³-hybridized carbons (Fsp3) is 0.395. The molecule has 3 aromatic rings. The molecule has 5 unspecified atom stereocenters. The molecule has 0 spiro atoms. The summed E-state index contributed by atoms with van der Waals surface area (Å²) in [6, 6.07) is 32.6. The zero-order chi connectivity index (χ0) is 29.5. The van der Waals surface area contributed by atoms with Gasteiger partial charge in [0.05, 0.1) is 5.60 Å². The normalized spacial score (nSPS) is 25.1. The molecule has 2 fully saturated rings. The van der Waals surface area contributed by atoms with Gasteiger partial charge in [-0.25, -0.2) is 4.79 Å². The van der Waals surface area contributed by atoms with Crippen molar-refractivity contribution in [2.45, 2.75) is 82.6 Å². The van der Waals surface area contributed by atoms with E-state index in [4.69, 9.17) is 9.47 Å². The average Bonchev–Trinajstić information content (AvgIpc) is 3.61. The molecule has 0 bridgehead atoms. The van der Waals surface area contributed by atoms with Crippen LogP contribution < -0.4 is 5.32 Å². The standard InChI is InChI=1S/C23H25N.C15H20O3.ClH/c1-19(20-11-5-2-6-12-20)24-18-17-23(21-13-7-3-8-14-21)22-15-9-4-10-16-22;1-9-5-4-8-15(3)13(18-15)12-11(7-6-9)10(2)14(16)17-12;/h2-16,19,23-24H,17-18H2,1H3;5,11-13H,2,4,6-8H2,1,3H3;1H. The van der Waals surface area contributed by atoms with Crippen molar-refractivity contribution in [1.82, 2.24) is 5.32 Å². The van der Waals surface area contributed by atoms with Gasteiger partial charge in [-0.05, 0) is 76.1 Å². The molecule has 6 rings (SSSR count). The average molecular weight is 600 g/mol. The van der Waals surface area contributed by atoms with E-state index in [1.807, 2.05) is 0 Å². The van der Waals surface area contributed by atoms with E-state index < -0.39 is 0 Å². The third kappa shape index (κ3) is 8.26. The Morgan fingerprint density at radius 1 is 0.930 bits per heavy atom. The predicted molar refractivity (Wildman–Crippen MR) is 177 cm³/mol. The lowest BCUT2D eigenvalue weighted by atomic mass is 9.84. The number of carbonyl (C=O) groups is 1. The van der Waals surface area contributed by atoms with Crippen molar-refractivity contribution >= 4 is 18.4 Å². The summed E-state index contributed by atoms with van der Waals surface area (Å²) in [4.78, 5) is 11.7. The molecule has 43 heavy (non-hydrogen) atoms. The summed E-state index contributed by atoms with van der Waals surface area (Å²) < 4.78 is 11.3. The first kappa shape index (κ1) is 32.7. The molecule has 5 heteroatoms. The maximum absolute atomic E-state index is 11.7. The molecule has 1 aliphatic carbocycles. The lowest BCUT2D eigenvalue weighted by Gasteiger charge is -2.20.